The SMILES string of the molecule is [2H]C([2H])(Oc1cccc2oc(C(=O)[O-])cc(=O)c12)C([2H])(O)C([2H])([2H])Oc1cccc2oc(C(=O)[O-])cc(=O)c12.[Na+].[Na+]. The van der Waals surface area contributed by atoms with E-state index in [4.69, 9.17) is 25.2 Å². The molecule has 0 saturated heterocycles. The number of carbonyl (C=O) groups is 2. The van der Waals surface area contributed by atoms with Crippen LogP contribution in [-0.2, 0) is 0 Å². The van der Waals surface area contributed by atoms with Crippen LogP contribution in [0.3, 0.4) is 0 Å². The molecule has 0 radical (unpaired) electrons. The molecule has 0 amide bonds. The normalized spacial score (nSPS) is 13.6. The van der Waals surface area contributed by atoms with Gasteiger partial charge in [-0.2, -0.15) is 0 Å². The van der Waals surface area contributed by atoms with E-state index in [1.165, 1.54) is 12.1 Å². The summed E-state index contributed by atoms with van der Waals surface area (Å²) in [4.78, 5) is 47.1. The summed E-state index contributed by atoms with van der Waals surface area (Å²) in [5.74, 6) is -6.56. The van der Waals surface area contributed by atoms with Gasteiger partial charge in [-0.15, -0.1) is 0 Å². The molecule has 0 aliphatic heterocycles. The number of aliphatic hydroxyl groups is 1. The average molecular weight is 517 g/mol. The number of ether oxygens (including phenoxy) is 2. The Labute approximate surface area is 252 Å². The van der Waals surface area contributed by atoms with E-state index in [0.29, 0.717) is 12.1 Å². The Balaban J connectivity index is 0.00000294. The molecule has 174 valence electrons. The first-order chi connectivity index (χ1) is 18.1. The van der Waals surface area contributed by atoms with E-state index in [1.54, 1.807) is 0 Å². The monoisotopic (exact) mass is 517 g/mol. The van der Waals surface area contributed by atoms with Crippen molar-refractivity contribution in [2.75, 3.05) is 13.1 Å². The van der Waals surface area contributed by atoms with Crippen LogP contribution in [0.15, 0.2) is 67.0 Å². The molecule has 0 spiro atoms. The van der Waals surface area contributed by atoms with Crippen molar-refractivity contribution in [3.05, 3.63) is 80.5 Å². The number of fused-ring (bicyclic) bond motifs is 2. The summed E-state index contributed by atoms with van der Waals surface area (Å²) in [5.41, 5.74) is -2.76. The first-order valence-electron chi connectivity index (χ1n) is 11.7. The Morgan fingerprint density at radius 2 is 1.25 bits per heavy atom. The van der Waals surface area contributed by atoms with Crippen molar-refractivity contribution in [3.8, 4) is 11.5 Å². The molecule has 0 unspecified atom stereocenters. The fraction of sp³-hybridized carbons (Fsp3) is 0.130. The second-order valence-electron chi connectivity index (χ2n) is 6.54. The van der Waals surface area contributed by atoms with Crippen LogP contribution in [0, 0.1) is 0 Å². The maximum Gasteiger partial charge on any atom is 1.00 e. The Kier molecular flexibility index (Phi) is 7.86. The maximum atomic E-state index is 12.5. The molecule has 4 aromatic rings. The summed E-state index contributed by atoms with van der Waals surface area (Å²) in [7, 11) is 0. The van der Waals surface area contributed by atoms with Crippen molar-refractivity contribution in [2.24, 2.45) is 0 Å². The van der Waals surface area contributed by atoms with E-state index in [9.17, 15) is 34.5 Å². The van der Waals surface area contributed by atoms with Gasteiger partial charge in [0.15, 0.2) is 22.4 Å². The smallest absolute Gasteiger partial charge is 0.542 e. The average Bonchev–Trinajstić information content (AvgIpc) is 2.83. The van der Waals surface area contributed by atoms with Gasteiger partial charge in [-0.3, -0.25) is 9.59 Å². The first kappa shape index (κ1) is 22.5. The molecule has 13 heteroatoms. The number of carbonyl (C=O) groups excluding carboxylic acids is 2. The molecule has 2 heterocycles. The van der Waals surface area contributed by atoms with Gasteiger partial charge in [0.05, 0.1) is 6.85 Å². The molecule has 1 N–H and O–H groups in total. The molecular weight excluding hydrogens is 498 g/mol. The molecule has 36 heavy (non-hydrogen) atoms. The van der Waals surface area contributed by atoms with Gasteiger partial charge in [-0.1, -0.05) is 12.1 Å². The third-order valence-electron chi connectivity index (χ3n) is 4.35. The fourth-order valence-corrected chi connectivity index (χ4v) is 2.95. The van der Waals surface area contributed by atoms with Gasteiger partial charge in [0.25, 0.3) is 0 Å². The van der Waals surface area contributed by atoms with Crippen LogP contribution in [0.4, 0.5) is 0 Å². The van der Waals surface area contributed by atoms with Crippen molar-refractivity contribution in [3.63, 3.8) is 0 Å². The molecule has 0 aliphatic rings. The fourth-order valence-electron chi connectivity index (χ4n) is 2.95. The van der Waals surface area contributed by atoms with Gasteiger partial charge in [-0.25, -0.2) is 0 Å². The minimum absolute atomic E-state index is 0. The van der Waals surface area contributed by atoms with E-state index in [1.807, 2.05) is 0 Å². The molecule has 0 aliphatic carbocycles. The van der Waals surface area contributed by atoms with Crippen LogP contribution in [-0.4, -0.2) is 36.2 Å². The number of hydrogen-bond acceptors (Lipinski definition) is 11. The number of carboxylic acids is 2. The summed E-state index contributed by atoms with van der Waals surface area (Å²) >= 11 is 0. The molecule has 0 fully saturated rings. The summed E-state index contributed by atoms with van der Waals surface area (Å²) in [6, 6.07) is 7.75. The third-order valence-corrected chi connectivity index (χ3v) is 4.35. The number of benzene rings is 2. The number of aromatic carboxylic acids is 2. The van der Waals surface area contributed by atoms with Crippen molar-refractivity contribution in [1.29, 1.82) is 0 Å². The number of hydrogen-bond donors (Lipinski definition) is 1. The molecule has 2 aromatic heterocycles. The van der Waals surface area contributed by atoms with Gasteiger partial charge in [0.1, 0.15) is 64.6 Å². The molecule has 2 aromatic carbocycles. The zero-order valence-corrected chi connectivity index (χ0v) is 22.6. The van der Waals surface area contributed by atoms with E-state index in [0.717, 1.165) is 24.3 Å². The Morgan fingerprint density at radius 3 is 1.61 bits per heavy atom. The summed E-state index contributed by atoms with van der Waals surface area (Å²) < 4.78 is 60.7. The quantitative estimate of drug-likeness (QED) is 0.220. The zero-order valence-electron chi connectivity index (χ0n) is 23.6. The molecule has 4 rings (SSSR count). The molecule has 0 atom stereocenters. The van der Waals surface area contributed by atoms with Crippen molar-refractivity contribution in [2.45, 2.75) is 6.08 Å². The Hall–Kier alpha value is -2.64. The maximum absolute atomic E-state index is 12.5. The molecular formula is C23H14Na2O11. The van der Waals surface area contributed by atoms with E-state index >= 15 is 0 Å². The zero-order chi connectivity index (χ0) is 28.9. The predicted octanol–water partition coefficient (Wildman–Crippen LogP) is -6.55. The van der Waals surface area contributed by atoms with Crippen LogP contribution in [0.5, 0.6) is 11.5 Å². The van der Waals surface area contributed by atoms with Gasteiger partial charge in [0.2, 0.25) is 0 Å². The predicted molar refractivity (Wildman–Crippen MR) is 111 cm³/mol. The van der Waals surface area contributed by atoms with Gasteiger partial charge in [0, 0.05) is 12.1 Å². The number of rotatable bonds is 8. The molecule has 11 nitrogen and oxygen atoms in total. The van der Waals surface area contributed by atoms with Crippen LogP contribution in [0.2, 0.25) is 0 Å². The van der Waals surface area contributed by atoms with E-state index in [-0.39, 0.29) is 70.3 Å². The summed E-state index contributed by atoms with van der Waals surface area (Å²) in [6.07, 6.45) is -3.92. The van der Waals surface area contributed by atoms with Crippen LogP contribution < -0.4 is 89.7 Å². The first-order valence-corrected chi connectivity index (χ1v) is 9.22. The second-order valence-corrected chi connectivity index (χ2v) is 6.54. The minimum atomic E-state index is -3.92. The van der Waals surface area contributed by atoms with Crippen molar-refractivity contribution in [1.82, 2.24) is 0 Å². The Morgan fingerprint density at radius 1 is 0.861 bits per heavy atom. The van der Waals surface area contributed by atoms with Crippen molar-refractivity contribution >= 4 is 33.9 Å². The minimum Gasteiger partial charge on any atom is -0.542 e. The van der Waals surface area contributed by atoms with Crippen LogP contribution in [0.25, 0.3) is 21.9 Å². The molecule has 0 bridgehead atoms. The van der Waals surface area contributed by atoms with E-state index < -0.39 is 75.8 Å². The third kappa shape index (κ3) is 6.37. The van der Waals surface area contributed by atoms with Gasteiger partial charge < -0.3 is 43.2 Å². The van der Waals surface area contributed by atoms with Gasteiger partial charge in [-0.05, 0) is 24.3 Å². The van der Waals surface area contributed by atoms with E-state index in [2.05, 4.69) is 0 Å². The standard InChI is InChI=1S/C23H16O11.2Na/c24-11(9-31-14-3-1-5-16-20(14)12(25)7-18(33-16)22(27)28)10-32-15-4-2-6-17-21(15)13(26)8-19(34-17)23(29)30;;/h1-8,11,24H,9-10H2,(H,27,28)(H,29,30);;/q;2*+1/p-2/i9D2,10D2,11D;;. The molecule has 0 saturated carbocycles. The topological polar surface area (TPSA) is 179 Å². The number of carboxylic acid groups (broad SMARTS) is 2. The van der Waals surface area contributed by atoms with Gasteiger partial charge >= 0.3 is 59.1 Å². The Bertz CT molecular complexity index is 1640. The second kappa shape index (κ2) is 12.5. The largest absolute Gasteiger partial charge is 1.00 e. The van der Waals surface area contributed by atoms with Crippen LogP contribution in [0.1, 0.15) is 28.0 Å². The summed E-state index contributed by atoms with van der Waals surface area (Å²) in [5, 5.41) is 31.8. The van der Waals surface area contributed by atoms with Crippen LogP contribution >= 0.6 is 0 Å². The van der Waals surface area contributed by atoms with Crippen molar-refractivity contribution < 1.29 is 109 Å². The summed E-state index contributed by atoms with van der Waals surface area (Å²) in [6.45, 7) is -7.36.